The van der Waals surface area contributed by atoms with Gasteiger partial charge in [-0.05, 0) is 39.8 Å². The van der Waals surface area contributed by atoms with E-state index in [-0.39, 0.29) is 11.9 Å². The highest BCUT2D eigenvalue weighted by molar-refractivity contribution is 5.80. The number of hydrogen-bond donors (Lipinski definition) is 1. The minimum absolute atomic E-state index is 0.0874. The first kappa shape index (κ1) is 12.6. The molecule has 1 unspecified atom stereocenters. The lowest BCUT2D eigenvalue weighted by molar-refractivity contribution is -0.127. The number of ether oxygens (including phenoxy) is 1. The minimum Gasteiger partial charge on any atom is -0.481 e. The Balaban J connectivity index is 2.53. The van der Waals surface area contributed by atoms with Gasteiger partial charge in [0.2, 0.25) is 0 Å². The van der Waals surface area contributed by atoms with Crippen molar-refractivity contribution in [1.29, 1.82) is 0 Å². The number of carbonyl (C=O) groups excluding carboxylic acids is 1. The highest BCUT2D eigenvalue weighted by atomic mass is 16.5. The van der Waals surface area contributed by atoms with Crippen molar-refractivity contribution < 1.29 is 9.53 Å². The molecule has 0 aromatic heterocycles. The zero-order valence-corrected chi connectivity index (χ0v) is 10.3. The summed E-state index contributed by atoms with van der Waals surface area (Å²) in [6.07, 6.45) is -0.467. The van der Waals surface area contributed by atoms with Gasteiger partial charge in [-0.15, -0.1) is 0 Å². The molecule has 0 aliphatic rings. The standard InChI is InChI=1S/C13H19NO2/c1-9(2)14-13(15)11(4)16-12-7-5-10(3)6-8-12/h5-9,11H,1-4H3,(H,14,15). The fraction of sp³-hybridized carbons (Fsp3) is 0.462. The molecule has 0 spiro atoms. The van der Waals surface area contributed by atoms with E-state index in [2.05, 4.69) is 5.32 Å². The van der Waals surface area contributed by atoms with Crippen molar-refractivity contribution in [2.45, 2.75) is 39.8 Å². The summed E-state index contributed by atoms with van der Waals surface area (Å²) >= 11 is 0. The molecule has 0 bridgehead atoms. The summed E-state index contributed by atoms with van der Waals surface area (Å²) in [6, 6.07) is 7.80. The summed E-state index contributed by atoms with van der Waals surface area (Å²) in [5, 5.41) is 2.81. The number of amides is 1. The van der Waals surface area contributed by atoms with Gasteiger partial charge in [-0.1, -0.05) is 17.7 Å². The molecule has 1 rings (SSSR count). The van der Waals surface area contributed by atoms with Gasteiger partial charge in [0.05, 0.1) is 0 Å². The second kappa shape index (κ2) is 5.54. The SMILES string of the molecule is Cc1ccc(OC(C)C(=O)NC(C)C)cc1. The fourth-order valence-electron chi connectivity index (χ4n) is 1.28. The molecular weight excluding hydrogens is 202 g/mol. The number of aryl methyl sites for hydroxylation is 1. The van der Waals surface area contributed by atoms with Gasteiger partial charge in [-0.25, -0.2) is 0 Å². The van der Waals surface area contributed by atoms with Gasteiger partial charge in [0.25, 0.3) is 5.91 Å². The first-order chi connectivity index (χ1) is 7.49. The smallest absolute Gasteiger partial charge is 0.260 e. The van der Waals surface area contributed by atoms with Gasteiger partial charge in [-0.3, -0.25) is 4.79 Å². The second-order valence-corrected chi connectivity index (χ2v) is 4.24. The molecule has 1 atom stereocenters. The molecule has 0 saturated carbocycles. The van der Waals surface area contributed by atoms with Crippen LogP contribution in [-0.4, -0.2) is 18.1 Å². The molecule has 0 aliphatic heterocycles. The maximum atomic E-state index is 11.6. The van der Waals surface area contributed by atoms with Crippen LogP contribution in [0.15, 0.2) is 24.3 Å². The van der Waals surface area contributed by atoms with E-state index in [4.69, 9.17) is 4.74 Å². The van der Waals surface area contributed by atoms with E-state index in [1.54, 1.807) is 6.92 Å². The molecule has 1 amide bonds. The first-order valence-electron chi connectivity index (χ1n) is 5.52. The number of hydrogen-bond acceptors (Lipinski definition) is 2. The largest absolute Gasteiger partial charge is 0.481 e. The molecule has 1 aromatic carbocycles. The third-order valence-electron chi connectivity index (χ3n) is 2.13. The average Bonchev–Trinajstić information content (AvgIpc) is 2.20. The summed E-state index contributed by atoms with van der Waals surface area (Å²) < 4.78 is 5.52. The lowest BCUT2D eigenvalue weighted by atomic mass is 10.2. The van der Waals surface area contributed by atoms with E-state index in [1.807, 2.05) is 45.0 Å². The van der Waals surface area contributed by atoms with Gasteiger partial charge >= 0.3 is 0 Å². The van der Waals surface area contributed by atoms with Gasteiger partial charge < -0.3 is 10.1 Å². The van der Waals surface area contributed by atoms with E-state index in [1.165, 1.54) is 5.56 Å². The number of rotatable bonds is 4. The van der Waals surface area contributed by atoms with Crippen LogP contribution in [0.4, 0.5) is 0 Å². The molecular formula is C13H19NO2. The van der Waals surface area contributed by atoms with Crippen LogP contribution in [-0.2, 0) is 4.79 Å². The van der Waals surface area contributed by atoms with Crippen LogP contribution >= 0.6 is 0 Å². The summed E-state index contributed by atoms with van der Waals surface area (Å²) in [6.45, 7) is 7.61. The van der Waals surface area contributed by atoms with Crippen molar-refractivity contribution >= 4 is 5.91 Å². The Kier molecular flexibility index (Phi) is 4.35. The Hall–Kier alpha value is -1.51. The minimum atomic E-state index is -0.467. The first-order valence-corrected chi connectivity index (χ1v) is 5.52. The van der Waals surface area contributed by atoms with E-state index >= 15 is 0 Å². The van der Waals surface area contributed by atoms with Gasteiger partial charge in [0.15, 0.2) is 6.10 Å². The molecule has 0 aliphatic carbocycles. The highest BCUT2D eigenvalue weighted by Gasteiger charge is 2.14. The maximum Gasteiger partial charge on any atom is 0.260 e. The van der Waals surface area contributed by atoms with Gasteiger partial charge in [0, 0.05) is 6.04 Å². The third-order valence-corrected chi connectivity index (χ3v) is 2.13. The van der Waals surface area contributed by atoms with Crippen molar-refractivity contribution in [1.82, 2.24) is 5.32 Å². The van der Waals surface area contributed by atoms with E-state index in [0.29, 0.717) is 0 Å². The average molecular weight is 221 g/mol. The van der Waals surface area contributed by atoms with Crippen LogP contribution in [0.1, 0.15) is 26.3 Å². The maximum absolute atomic E-state index is 11.6. The van der Waals surface area contributed by atoms with Crippen LogP contribution in [0.5, 0.6) is 5.75 Å². The molecule has 0 radical (unpaired) electrons. The second-order valence-electron chi connectivity index (χ2n) is 4.24. The van der Waals surface area contributed by atoms with Crippen LogP contribution < -0.4 is 10.1 Å². The quantitative estimate of drug-likeness (QED) is 0.847. The van der Waals surface area contributed by atoms with E-state index in [9.17, 15) is 4.79 Å². The predicted octanol–water partition coefficient (Wildman–Crippen LogP) is 2.29. The molecule has 0 fully saturated rings. The van der Waals surface area contributed by atoms with Crippen molar-refractivity contribution in [3.63, 3.8) is 0 Å². The van der Waals surface area contributed by atoms with Gasteiger partial charge in [-0.2, -0.15) is 0 Å². The van der Waals surface area contributed by atoms with Gasteiger partial charge in [0.1, 0.15) is 5.75 Å². The van der Waals surface area contributed by atoms with E-state index < -0.39 is 6.10 Å². The Morgan fingerprint density at radius 1 is 1.19 bits per heavy atom. The number of carbonyl (C=O) groups is 1. The van der Waals surface area contributed by atoms with E-state index in [0.717, 1.165) is 5.75 Å². The molecule has 16 heavy (non-hydrogen) atoms. The lowest BCUT2D eigenvalue weighted by Crippen LogP contribution is -2.39. The Morgan fingerprint density at radius 2 is 1.75 bits per heavy atom. The zero-order chi connectivity index (χ0) is 12.1. The van der Waals surface area contributed by atoms with Crippen LogP contribution in [0.25, 0.3) is 0 Å². The number of benzene rings is 1. The summed E-state index contributed by atoms with van der Waals surface area (Å²) in [4.78, 5) is 11.6. The molecule has 3 nitrogen and oxygen atoms in total. The highest BCUT2D eigenvalue weighted by Crippen LogP contribution is 2.13. The normalized spacial score (nSPS) is 12.3. The van der Waals surface area contributed by atoms with Crippen molar-refractivity contribution in [3.8, 4) is 5.75 Å². The molecule has 1 aromatic rings. The molecule has 0 heterocycles. The monoisotopic (exact) mass is 221 g/mol. The molecule has 3 heteroatoms. The van der Waals surface area contributed by atoms with Crippen molar-refractivity contribution in [3.05, 3.63) is 29.8 Å². The van der Waals surface area contributed by atoms with Crippen molar-refractivity contribution in [2.24, 2.45) is 0 Å². The zero-order valence-electron chi connectivity index (χ0n) is 10.3. The Labute approximate surface area is 96.8 Å². The summed E-state index contributed by atoms with van der Waals surface area (Å²) in [7, 11) is 0. The number of nitrogens with one attached hydrogen (secondary N) is 1. The molecule has 88 valence electrons. The fourth-order valence-corrected chi connectivity index (χ4v) is 1.28. The Morgan fingerprint density at radius 3 is 2.25 bits per heavy atom. The molecule has 1 N–H and O–H groups in total. The van der Waals surface area contributed by atoms with Crippen LogP contribution in [0, 0.1) is 6.92 Å². The summed E-state index contributed by atoms with van der Waals surface area (Å²) in [5.41, 5.74) is 1.17. The molecule has 0 saturated heterocycles. The van der Waals surface area contributed by atoms with Crippen LogP contribution in [0.2, 0.25) is 0 Å². The Bertz CT molecular complexity index is 343. The summed E-state index contributed by atoms with van der Waals surface area (Å²) in [5.74, 6) is 0.632. The van der Waals surface area contributed by atoms with Crippen molar-refractivity contribution in [2.75, 3.05) is 0 Å². The third kappa shape index (κ3) is 3.93. The van der Waals surface area contributed by atoms with Crippen LogP contribution in [0.3, 0.4) is 0 Å². The predicted molar refractivity (Wildman–Crippen MR) is 64.5 cm³/mol. The lowest BCUT2D eigenvalue weighted by Gasteiger charge is -2.16. The topological polar surface area (TPSA) is 38.3 Å².